The van der Waals surface area contributed by atoms with E-state index in [4.69, 9.17) is 9.47 Å². The second-order valence-electron chi connectivity index (χ2n) is 8.54. The lowest BCUT2D eigenvalue weighted by molar-refractivity contribution is -0.123. The molecule has 0 saturated carbocycles. The molecule has 2 aromatic rings. The molecule has 0 aromatic heterocycles. The summed E-state index contributed by atoms with van der Waals surface area (Å²) in [6.07, 6.45) is 1.93. The van der Waals surface area contributed by atoms with E-state index >= 15 is 0 Å². The number of piperazine rings is 1. The molecule has 2 aromatic carbocycles. The minimum atomic E-state index is -0.454. The maximum absolute atomic E-state index is 13.2. The van der Waals surface area contributed by atoms with Crippen molar-refractivity contribution in [1.29, 1.82) is 0 Å². The summed E-state index contributed by atoms with van der Waals surface area (Å²) in [4.78, 5) is 43.6. The normalized spacial score (nSPS) is 18.9. The molecule has 180 valence electrons. The minimum absolute atomic E-state index is 0.169. The Morgan fingerprint density at radius 2 is 1.59 bits per heavy atom. The second-order valence-corrected chi connectivity index (χ2v) is 8.54. The molecule has 4 rings (SSSR count). The Bertz CT molecular complexity index is 1010. The first-order chi connectivity index (χ1) is 16.5. The third kappa shape index (κ3) is 5.07. The van der Waals surface area contributed by atoms with Gasteiger partial charge in [-0.25, -0.2) is 9.69 Å². The summed E-state index contributed by atoms with van der Waals surface area (Å²) >= 11 is 0. The highest BCUT2D eigenvalue weighted by atomic mass is 16.5. The first kappa shape index (κ1) is 23.8. The molecular weight excluding hydrogens is 434 g/mol. The topological polar surface area (TPSA) is 79.4 Å². The fourth-order valence-corrected chi connectivity index (χ4v) is 4.40. The first-order valence-corrected chi connectivity index (χ1v) is 11.8. The van der Waals surface area contributed by atoms with E-state index in [-0.39, 0.29) is 18.2 Å². The zero-order valence-corrected chi connectivity index (χ0v) is 19.7. The number of carbonyl (C=O) groups is 3. The van der Waals surface area contributed by atoms with Gasteiger partial charge < -0.3 is 14.4 Å². The number of esters is 1. The van der Waals surface area contributed by atoms with Crippen LogP contribution in [0.2, 0.25) is 0 Å². The molecule has 0 aliphatic carbocycles. The molecule has 1 atom stereocenters. The van der Waals surface area contributed by atoms with Crippen LogP contribution in [0.1, 0.15) is 36.5 Å². The number of hydrogen-bond donors (Lipinski definition) is 0. The molecule has 2 heterocycles. The highest BCUT2D eigenvalue weighted by Gasteiger charge is 2.43. The van der Waals surface area contributed by atoms with Crippen molar-refractivity contribution in [2.75, 3.05) is 49.7 Å². The van der Waals surface area contributed by atoms with Crippen LogP contribution >= 0.6 is 0 Å². The van der Waals surface area contributed by atoms with Crippen molar-refractivity contribution in [2.24, 2.45) is 0 Å². The number of anilines is 2. The van der Waals surface area contributed by atoms with Crippen LogP contribution in [-0.2, 0) is 14.3 Å². The Hall–Kier alpha value is -3.39. The molecule has 0 unspecified atom stereocenters. The quantitative estimate of drug-likeness (QED) is 0.337. The van der Waals surface area contributed by atoms with Crippen molar-refractivity contribution >= 4 is 29.2 Å². The summed E-state index contributed by atoms with van der Waals surface area (Å²) in [6, 6.07) is 14.0. The smallest absolute Gasteiger partial charge is 0.338 e. The molecule has 0 spiro atoms. The van der Waals surface area contributed by atoms with Crippen LogP contribution in [0.15, 0.2) is 48.5 Å². The lowest BCUT2D eigenvalue weighted by atomic mass is 10.1. The van der Waals surface area contributed by atoms with E-state index in [0.717, 1.165) is 37.4 Å². The van der Waals surface area contributed by atoms with Gasteiger partial charge in [-0.05, 0) is 55.0 Å². The molecule has 2 amide bonds. The van der Waals surface area contributed by atoms with Crippen LogP contribution in [-0.4, -0.2) is 68.6 Å². The van der Waals surface area contributed by atoms with Crippen molar-refractivity contribution in [3.8, 4) is 5.75 Å². The third-order valence-electron chi connectivity index (χ3n) is 6.41. The molecule has 0 N–H and O–H groups in total. The number of methoxy groups -OCH3 is 1. The number of carbonyl (C=O) groups excluding carboxylic acids is 3. The summed E-state index contributed by atoms with van der Waals surface area (Å²) in [5.41, 5.74) is 2.01. The molecular formula is C26H31N3O5. The van der Waals surface area contributed by atoms with Crippen molar-refractivity contribution in [1.82, 2.24) is 4.90 Å². The fraction of sp³-hybridized carbons (Fsp3) is 0.423. The summed E-state index contributed by atoms with van der Waals surface area (Å²) in [5.74, 6) is -0.00216. The van der Waals surface area contributed by atoms with E-state index in [1.807, 2.05) is 31.2 Å². The van der Waals surface area contributed by atoms with Gasteiger partial charge in [0, 0.05) is 31.9 Å². The van der Waals surface area contributed by atoms with Gasteiger partial charge in [0.25, 0.3) is 5.91 Å². The standard InChI is InChI=1S/C26H31N3O5/c1-3-4-17-34-26(32)19-5-7-21(8-6-19)29-24(30)18-23(25(29)31)28-15-13-27(14-16-28)20-9-11-22(33-2)12-10-20/h5-12,23H,3-4,13-18H2,1-2H3/t23-/m1/s1. The number of unbranched alkanes of at least 4 members (excludes halogenated alkanes) is 1. The molecule has 2 aliphatic rings. The van der Waals surface area contributed by atoms with Gasteiger partial charge in [0.2, 0.25) is 5.91 Å². The van der Waals surface area contributed by atoms with Crippen LogP contribution in [0.25, 0.3) is 0 Å². The first-order valence-electron chi connectivity index (χ1n) is 11.8. The zero-order chi connectivity index (χ0) is 24.1. The number of nitrogens with zero attached hydrogens (tertiary/aromatic N) is 3. The molecule has 8 nitrogen and oxygen atoms in total. The van der Waals surface area contributed by atoms with E-state index in [9.17, 15) is 14.4 Å². The van der Waals surface area contributed by atoms with E-state index in [2.05, 4.69) is 9.80 Å². The van der Waals surface area contributed by atoms with Crippen LogP contribution in [0.3, 0.4) is 0 Å². The lowest BCUT2D eigenvalue weighted by Crippen LogP contribution is -2.52. The maximum atomic E-state index is 13.2. The number of amides is 2. The van der Waals surface area contributed by atoms with E-state index in [0.29, 0.717) is 30.9 Å². The molecule has 2 fully saturated rings. The van der Waals surface area contributed by atoms with Gasteiger partial charge in [-0.2, -0.15) is 0 Å². The summed E-state index contributed by atoms with van der Waals surface area (Å²) < 4.78 is 10.4. The second kappa shape index (κ2) is 10.7. The Labute approximate surface area is 200 Å². The predicted molar refractivity (Wildman–Crippen MR) is 129 cm³/mol. The van der Waals surface area contributed by atoms with Crippen molar-refractivity contribution in [2.45, 2.75) is 32.2 Å². The largest absolute Gasteiger partial charge is 0.497 e. The number of imide groups is 1. The van der Waals surface area contributed by atoms with Gasteiger partial charge in [0.05, 0.1) is 37.4 Å². The Balaban J connectivity index is 1.36. The molecule has 0 radical (unpaired) electrons. The minimum Gasteiger partial charge on any atom is -0.497 e. The lowest BCUT2D eigenvalue weighted by Gasteiger charge is -2.38. The van der Waals surface area contributed by atoms with Gasteiger partial charge in [-0.15, -0.1) is 0 Å². The van der Waals surface area contributed by atoms with Crippen LogP contribution in [0.4, 0.5) is 11.4 Å². The zero-order valence-electron chi connectivity index (χ0n) is 19.7. The van der Waals surface area contributed by atoms with Crippen LogP contribution in [0.5, 0.6) is 5.75 Å². The summed E-state index contributed by atoms with van der Waals surface area (Å²) in [5, 5.41) is 0. The van der Waals surface area contributed by atoms with Gasteiger partial charge >= 0.3 is 5.97 Å². The van der Waals surface area contributed by atoms with Crippen molar-refractivity contribution in [3.63, 3.8) is 0 Å². The van der Waals surface area contributed by atoms with Crippen molar-refractivity contribution < 1.29 is 23.9 Å². The van der Waals surface area contributed by atoms with Crippen LogP contribution < -0.4 is 14.5 Å². The van der Waals surface area contributed by atoms with Gasteiger partial charge in [-0.1, -0.05) is 13.3 Å². The SMILES string of the molecule is CCCCOC(=O)c1ccc(N2C(=O)C[C@@H](N3CCN(c4ccc(OC)cc4)CC3)C2=O)cc1. The number of hydrogen-bond acceptors (Lipinski definition) is 7. The number of ether oxygens (including phenoxy) is 2. The highest BCUT2D eigenvalue weighted by Crippen LogP contribution is 2.28. The highest BCUT2D eigenvalue weighted by molar-refractivity contribution is 6.22. The third-order valence-corrected chi connectivity index (χ3v) is 6.41. The molecule has 8 heteroatoms. The molecule has 2 saturated heterocycles. The van der Waals surface area contributed by atoms with Crippen molar-refractivity contribution in [3.05, 3.63) is 54.1 Å². The number of benzene rings is 2. The predicted octanol–water partition coefficient (Wildman–Crippen LogP) is 3.11. The Morgan fingerprint density at radius 3 is 2.21 bits per heavy atom. The van der Waals surface area contributed by atoms with E-state index < -0.39 is 12.0 Å². The Kier molecular flexibility index (Phi) is 7.47. The van der Waals surface area contributed by atoms with Crippen LogP contribution in [0, 0.1) is 0 Å². The number of rotatable bonds is 8. The van der Waals surface area contributed by atoms with E-state index in [1.165, 1.54) is 4.90 Å². The molecule has 34 heavy (non-hydrogen) atoms. The average molecular weight is 466 g/mol. The summed E-state index contributed by atoms with van der Waals surface area (Å²) in [6.45, 7) is 5.37. The summed E-state index contributed by atoms with van der Waals surface area (Å²) in [7, 11) is 1.65. The van der Waals surface area contributed by atoms with E-state index in [1.54, 1.807) is 31.4 Å². The van der Waals surface area contributed by atoms with Gasteiger partial charge in [0.15, 0.2) is 0 Å². The Morgan fingerprint density at radius 1 is 0.941 bits per heavy atom. The average Bonchev–Trinajstić information content (AvgIpc) is 3.18. The molecule has 0 bridgehead atoms. The van der Waals surface area contributed by atoms with Gasteiger partial charge in [0.1, 0.15) is 5.75 Å². The molecule has 2 aliphatic heterocycles. The van der Waals surface area contributed by atoms with Gasteiger partial charge in [-0.3, -0.25) is 14.5 Å². The maximum Gasteiger partial charge on any atom is 0.338 e. The monoisotopic (exact) mass is 465 g/mol. The fourth-order valence-electron chi connectivity index (χ4n) is 4.40.